The first-order valence-corrected chi connectivity index (χ1v) is 8.44. The van der Waals surface area contributed by atoms with Crippen LogP contribution in [0.25, 0.3) is 0 Å². The Bertz CT molecular complexity index is 597. The third-order valence-corrected chi connectivity index (χ3v) is 3.16. The van der Waals surface area contributed by atoms with Gasteiger partial charge in [0, 0.05) is 25.6 Å². The van der Waals surface area contributed by atoms with E-state index in [9.17, 15) is 9.59 Å². The molecular weight excluding hydrogens is 334 g/mol. The van der Waals surface area contributed by atoms with Crippen molar-refractivity contribution in [3.8, 4) is 12.1 Å². The van der Waals surface area contributed by atoms with Crippen LogP contribution < -0.4 is 0 Å². The number of hydrogen-bond acceptors (Lipinski definition) is 7. The molecule has 0 amide bonds. The summed E-state index contributed by atoms with van der Waals surface area (Å²) in [5, 5.41) is 17.7. The monoisotopic (exact) mass is 359 g/mol. The van der Waals surface area contributed by atoms with Gasteiger partial charge in [0.2, 0.25) is 0 Å². The molecule has 26 heavy (non-hydrogen) atoms. The quantitative estimate of drug-likeness (QED) is 0.164. The Labute approximate surface area is 154 Å². The van der Waals surface area contributed by atoms with Crippen LogP contribution in [0.4, 0.5) is 0 Å². The van der Waals surface area contributed by atoms with Gasteiger partial charge in [0.05, 0.1) is 6.07 Å². The molecule has 0 atom stereocenters. The minimum atomic E-state index is -0.781. The lowest BCUT2D eigenvalue weighted by molar-refractivity contribution is -0.146. The first kappa shape index (κ1) is 22.9. The molecule has 0 radical (unpaired) electrons. The molecule has 0 N–H and O–H groups in total. The maximum absolute atomic E-state index is 11.8. The highest BCUT2D eigenvalue weighted by Crippen LogP contribution is 2.02. The Kier molecular flexibility index (Phi) is 13.6. The number of allylic oxidation sites excluding steroid dienone is 2. The van der Waals surface area contributed by atoms with E-state index in [1.54, 1.807) is 18.3 Å². The highest BCUT2D eigenvalue weighted by molar-refractivity contribution is 5.93. The molecule has 0 fully saturated rings. The summed E-state index contributed by atoms with van der Waals surface area (Å²) in [4.78, 5) is 24.7. The Morgan fingerprint density at radius 1 is 1.15 bits per heavy atom. The van der Waals surface area contributed by atoms with Crippen molar-refractivity contribution in [1.29, 1.82) is 10.5 Å². The van der Waals surface area contributed by atoms with Crippen molar-refractivity contribution in [3.05, 3.63) is 36.6 Å². The molecule has 7 heteroatoms. The molecule has 140 valence electrons. The maximum Gasteiger partial charge on any atom is 0.349 e. The van der Waals surface area contributed by atoms with Gasteiger partial charge in [-0.05, 0) is 31.2 Å². The minimum Gasteiger partial charge on any atom is -0.459 e. The van der Waals surface area contributed by atoms with Crippen LogP contribution in [0.2, 0.25) is 0 Å². The zero-order chi connectivity index (χ0) is 19.6. The molecule has 0 aromatic carbocycles. The van der Waals surface area contributed by atoms with Gasteiger partial charge in [0.15, 0.2) is 0 Å². The smallest absolute Gasteiger partial charge is 0.349 e. The number of esters is 2. The Morgan fingerprint density at radius 3 is 2.46 bits per heavy atom. The standard InChI is InChI=1S/C19H25N3O4/c1-3-5-11-22(12-7-6-10-20)13-8-9-17(16-21)19(24)26-15-14-25-18(23)4-2/h4,8-9,13H,2-3,5-7,11-12,14-15H2,1H3/b13-8+,17-9-. The zero-order valence-electron chi connectivity index (χ0n) is 15.1. The summed E-state index contributed by atoms with van der Waals surface area (Å²) in [5.41, 5.74) is -0.149. The average Bonchev–Trinajstić information content (AvgIpc) is 2.65. The van der Waals surface area contributed by atoms with Crippen molar-refractivity contribution < 1.29 is 19.1 Å². The topological polar surface area (TPSA) is 103 Å². The van der Waals surface area contributed by atoms with Crippen LogP contribution in [-0.2, 0) is 19.1 Å². The summed E-state index contributed by atoms with van der Waals surface area (Å²) >= 11 is 0. The molecule has 0 aromatic heterocycles. The van der Waals surface area contributed by atoms with E-state index in [2.05, 4.69) is 24.3 Å². The second-order valence-corrected chi connectivity index (χ2v) is 5.19. The summed E-state index contributed by atoms with van der Waals surface area (Å²) < 4.78 is 9.54. The Morgan fingerprint density at radius 2 is 1.85 bits per heavy atom. The lowest BCUT2D eigenvalue weighted by atomic mass is 10.2. The molecule has 0 aliphatic heterocycles. The third-order valence-electron chi connectivity index (χ3n) is 3.16. The van der Waals surface area contributed by atoms with E-state index < -0.39 is 11.9 Å². The number of rotatable bonds is 13. The number of ether oxygens (including phenoxy) is 2. The molecule has 0 heterocycles. The predicted molar refractivity (Wildman–Crippen MR) is 96.3 cm³/mol. The van der Waals surface area contributed by atoms with E-state index in [1.165, 1.54) is 6.08 Å². The van der Waals surface area contributed by atoms with Gasteiger partial charge in [-0.1, -0.05) is 19.9 Å². The van der Waals surface area contributed by atoms with Crippen LogP contribution in [0.3, 0.4) is 0 Å². The van der Waals surface area contributed by atoms with Gasteiger partial charge < -0.3 is 14.4 Å². The van der Waals surface area contributed by atoms with Crippen molar-refractivity contribution in [2.45, 2.75) is 32.6 Å². The largest absolute Gasteiger partial charge is 0.459 e. The van der Waals surface area contributed by atoms with Crippen LogP contribution in [-0.4, -0.2) is 43.1 Å². The molecule has 0 rings (SSSR count). The Hall–Kier alpha value is -3.06. The van der Waals surface area contributed by atoms with Crippen molar-refractivity contribution >= 4 is 11.9 Å². The molecular formula is C19H25N3O4. The number of unbranched alkanes of at least 4 members (excludes halogenated alkanes) is 2. The first-order chi connectivity index (χ1) is 12.6. The predicted octanol–water partition coefficient (Wildman–Crippen LogP) is 2.63. The number of carbonyl (C=O) groups is 2. The fourth-order valence-electron chi connectivity index (χ4n) is 1.81. The van der Waals surface area contributed by atoms with Gasteiger partial charge >= 0.3 is 11.9 Å². The van der Waals surface area contributed by atoms with Crippen LogP contribution >= 0.6 is 0 Å². The molecule has 0 aromatic rings. The van der Waals surface area contributed by atoms with E-state index in [0.29, 0.717) is 6.42 Å². The van der Waals surface area contributed by atoms with E-state index in [1.807, 2.05) is 4.90 Å². The van der Waals surface area contributed by atoms with Crippen LogP contribution in [0.5, 0.6) is 0 Å². The molecule has 0 bridgehead atoms. The third kappa shape index (κ3) is 11.5. The van der Waals surface area contributed by atoms with Crippen molar-refractivity contribution in [2.24, 2.45) is 0 Å². The second kappa shape index (κ2) is 15.5. The summed E-state index contributed by atoms with van der Waals surface area (Å²) in [6, 6.07) is 3.89. The molecule has 0 aliphatic rings. The SMILES string of the molecule is C=CC(=O)OCCOC(=O)/C(C#N)=C\C=C\N(CCCC)CCCC#N. The van der Waals surface area contributed by atoms with Gasteiger partial charge in [0.1, 0.15) is 24.9 Å². The lowest BCUT2D eigenvalue weighted by Gasteiger charge is -2.19. The van der Waals surface area contributed by atoms with Gasteiger partial charge in [-0.25, -0.2) is 9.59 Å². The highest BCUT2D eigenvalue weighted by Gasteiger charge is 2.09. The summed E-state index contributed by atoms with van der Waals surface area (Å²) in [7, 11) is 0. The molecule has 0 aliphatic carbocycles. The number of nitrogens with zero attached hydrogens (tertiary/aromatic N) is 3. The average molecular weight is 359 g/mol. The van der Waals surface area contributed by atoms with Gasteiger partial charge in [-0.15, -0.1) is 0 Å². The van der Waals surface area contributed by atoms with E-state index in [-0.39, 0.29) is 18.8 Å². The first-order valence-electron chi connectivity index (χ1n) is 8.44. The fraction of sp³-hybridized carbons (Fsp3) is 0.474. The highest BCUT2D eigenvalue weighted by atomic mass is 16.6. The lowest BCUT2D eigenvalue weighted by Crippen LogP contribution is -2.19. The molecule has 0 unspecified atom stereocenters. The molecule has 0 saturated heterocycles. The fourth-order valence-corrected chi connectivity index (χ4v) is 1.81. The molecule has 0 spiro atoms. The van der Waals surface area contributed by atoms with Crippen LogP contribution in [0.15, 0.2) is 36.6 Å². The number of hydrogen-bond donors (Lipinski definition) is 0. The number of carbonyl (C=O) groups excluding carboxylic acids is 2. The van der Waals surface area contributed by atoms with Crippen molar-refractivity contribution in [2.75, 3.05) is 26.3 Å². The van der Waals surface area contributed by atoms with Crippen LogP contribution in [0, 0.1) is 22.7 Å². The molecule has 7 nitrogen and oxygen atoms in total. The summed E-state index contributed by atoms with van der Waals surface area (Å²) in [6.07, 6.45) is 9.09. The minimum absolute atomic E-state index is 0.102. The number of nitriles is 2. The van der Waals surface area contributed by atoms with Gasteiger partial charge in [0.25, 0.3) is 0 Å². The maximum atomic E-state index is 11.8. The molecule has 0 saturated carbocycles. The zero-order valence-corrected chi connectivity index (χ0v) is 15.1. The van der Waals surface area contributed by atoms with Crippen LogP contribution in [0.1, 0.15) is 32.6 Å². The van der Waals surface area contributed by atoms with E-state index in [0.717, 1.165) is 38.4 Å². The Balaban J connectivity index is 4.56. The van der Waals surface area contributed by atoms with E-state index in [4.69, 9.17) is 15.3 Å². The summed E-state index contributed by atoms with van der Waals surface area (Å²) in [5.74, 6) is -1.39. The van der Waals surface area contributed by atoms with E-state index >= 15 is 0 Å². The second-order valence-electron chi connectivity index (χ2n) is 5.19. The van der Waals surface area contributed by atoms with Crippen molar-refractivity contribution in [3.63, 3.8) is 0 Å². The normalized spacial score (nSPS) is 10.7. The van der Waals surface area contributed by atoms with Gasteiger partial charge in [-0.3, -0.25) is 0 Å². The van der Waals surface area contributed by atoms with Gasteiger partial charge in [-0.2, -0.15) is 10.5 Å². The van der Waals surface area contributed by atoms with Crippen molar-refractivity contribution in [1.82, 2.24) is 4.90 Å². The summed E-state index contributed by atoms with van der Waals surface area (Å²) in [6.45, 7) is 6.67.